The van der Waals surface area contributed by atoms with Crippen molar-refractivity contribution in [2.24, 2.45) is 5.92 Å². The first-order valence-electron chi connectivity index (χ1n) is 12.7. The van der Waals surface area contributed by atoms with Crippen molar-refractivity contribution < 1.29 is 28.9 Å². The van der Waals surface area contributed by atoms with E-state index in [-0.39, 0.29) is 49.8 Å². The molecule has 37 heavy (non-hydrogen) atoms. The van der Waals surface area contributed by atoms with E-state index in [1.807, 2.05) is 13.8 Å². The van der Waals surface area contributed by atoms with Crippen LogP contribution in [0.15, 0.2) is 24.4 Å². The molecule has 3 atom stereocenters. The summed E-state index contributed by atoms with van der Waals surface area (Å²) < 4.78 is 19.2. The summed E-state index contributed by atoms with van der Waals surface area (Å²) in [6, 6.07) is 4.65. The number of carbonyl (C=O) groups is 2. The van der Waals surface area contributed by atoms with Crippen LogP contribution in [0, 0.1) is 5.92 Å². The van der Waals surface area contributed by atoms with E-state index in [9.17, 15) is 14.7 Å². The number of nitrogens with one attached hydrogen (secondary N) is 1. The third-order valence-electron chi connectivity index (χ3n) is 6.73. The number of amides is 3. The Balaban J connectivity index is 1.47. The van der Waals surface area contributed by atoms with Crippen molar-refractivity contribution in [2.75, 3.05) is 45.3 Å². The van der Waals surface area contributed by atoms with Gasteiger partial charge in [0.25, 0.3) is 0 Å². The summed E-state index contributed by atoms with van der Waals surface area (Å²) >= 11 is 0. The van der Waals surface area contributed by atoms with Crippen molar-refractivity contribution in [1.82, 2.24) is 24.8 Å². The highest BCUT2D eigenvalue weighted by Gasteiger charge is 2.29. The van der Waals surface area contributed by atoms with Crippen molar-refractivity contribution in [2.45, 2.75) is 52.0 Å². The van der Waals surface area contributed by atoms with Gasteiger partial charge in [-0.3, -0.25) is 4.79 Å². The van der Waals surface area contributed by atoms with Crippen molar-refractivity contribution in [3.05, 3.63) is 30.1 Å². The van der Waals surface area contributed by atoms with Crippen molar-refractivity contribution >= 4 is 17.6 Å². The number of hydrogen-bond donors (Lipinski definition) is 2. The zero-order valence-electron chi connectivity index (χ0n) is 21.6. The SMILES string of the molecule is C[C@@H]1CN([C@H](C)CO)C(=O)CCCn2nncc2CO[C@H]1CN(C)C(=O)Nc1ccc2c(c1)OCCO2. The van der Waals surface area contributed by atoms with E-state index in [2.05, 4.69) is 15.6 Å². The molecule has 1 aromatic heterocycles. The molecule has 2 aliphatic heterocycles. The van der Waals surface area contributed by atoms with Gasteiger partial charge in [-0.25, -0.2) is 9.48 Å². The van der Waals surface area contributed by atoms with Crippen LogP contribution in [0.2, 0.25) is 0 Å². The van der Waals surface area contributed by atoms with Gasteiger partial charge >= 0.3 is 6.03 Å². The Morgan fingerprint density at radius 2 is 2.08 bits per heavy atom. The first-order chi connectivity index (χ1) is 17.9. The highest BCUT2D eigenvalue weighted by molar-refractivity contribution is 5.89. The lowest BCUT2D eigenvalue weighted by atomic mass is 10.0. The van der Waals surface area contributed by atoms with E-state index in [4.69, 9.17) is 14.2 Å². The smallest absolute Gasteiger partial charge is 0.321 e. The lowest BCUT2D eigenvalue weighted by Gasteiger charge is -2.35. The van der Waals surface area contributed by atoms with Crippen LogP contribution in [0.1, 0.15) is 32.4 Å². The topological polar surface area (TPSA) is 131 Å². The molecule has 0 saturated carbocycles. The number of aliphatic hydroxyl groups excluding tert-OH is 1. The predicted molar refractivity (Wildman–Crippen MR) is 134 cm³/mol. The number of nitrogens with zero attached hydrogens (tertiary/aromatic N) is 5. The minimum Gasteiger partial charge on any atom is -0.486 e. The summed E-state index contributed by atoms with van der Waals surface area (Å²) in [5.74, 6) is 1.10. The Morgan fingerprint density at radius 3 is 2.86 bits per heavy atom. The summed E-state index contributed by atoms with van der Waals surface area (Å²) in [6.07, 6.45) is 2.23. The van der Waals surface area contributed by atoms with Crippen LogP contribution in [0.4, 0.5) is 10.5 Å². The Morgan fingerprint density at radius 1 is 1.30 bits per heavy atom. The second-order valence-electron chi connectivity index (χ2n) is 9.63. The van der Waals surface area contributed by atoms with Crippen molar-refractivity contribution in [3.63, 3.8) is 0 Å². The quantitative estimate of drug-likeness (QED) is 0.614. The molecule has 1 aromatic carbocycles. The van der Waals surface area contributed by atoms with Gasteiger partial charge in [-0.2, -0.15) is 0 Å². The highest BCUT2D eigenvalue weighted by Crippen LogP contribution is 2.32. The maximum absolute atomic E-state index is 13.0. The summed E-state index contributed by atoms with van der Waals surface area (Å²) in [5, 5.41) is 20.8. The van der Waals surface area contributed by atoms with E-state index in [0.29, 0.717) is 56.3 Å². The molecule has 2 N–H and O–H groups in total. The molecule has 0 spiro atoms. The number of carbonyl (C=O) groups excluding carboxylic acids is 2. The first kappa shape index (κ1) is 26.7. The fourth-order valence-corrected chi connectivity index (χ4v) is 4.44. The number of anilines is 1. The number of aliphatic hydroxyl groups is 1. The maximum Gasteiger partial charge on any atom is 0.321 e. The van der Waals surface area contributed by atoms with E-state index >= 15 is 0 Å². The molecule has 12 heteroatoms. The van der Waals surface area contributed by atoms with E-state index in [1.54, 1.807) is 45.9 Å². The van der Waals surface area contributed by atoms with Crippen LogP contribution < -0.4 is 14.8 Å². The molecule has 2 aromatic rings. The minimum atomic E-state index is -0.389. The van der Waals surface area contributed by atoms with E-state index in [0.717, 1.165) is 5.69 Å². The second-order valence-corrected chi connectivity index (χ2v) is 9.63. The van der Waals surface area contributed by atoms with Crippen LogP contribution in [-0.4, -0.2) is 93.9 Å². The number of benzene rings is 1. The van der Waals surface area contributed by atoms with E-state index < -0.39 is 0 Å². The first-order valence-corrected chi connectivity index (χ1v) is 12.7. The molecular weight excluding hydrogens is 480 g/mol. The summed E-state index contributed by atoms with van der Waals surface area (Å²) in [6.45, 7) is 6.16. The summed E-state index contributed by atoms with van der Waals surface area (Å²) in [7, 11) is 1.70. The molecule has 0 unspecified atom stereocenters. The van der Waals surface area contributed by atoms with E-state index in [1.165, 1.54) is 0 Å². The monoisotopic (exact) mass is 516 g/mol. The lowest BCUT2D eigenvalue weighted by molar-refractivity contribution is -0.136. The fraction of sp³-hybridized carbons (Fsp3) is 0.600. The van der Waals surface area contributed by atoms with Gasteiger partial charge in [0.2, 0.25) is 5.91 Å². The number of rotatable bonds is 5. The van der Waals surface area contributed by atoms with Gasteiger partial charge in [0, 0.05) is 50.8 Å². The third-order valence-corrected chi connectivity index (χ3v) is 6.73. The molecule has 0 radical (unpaired) electrons. The molecule has 0 bridgehead atoms. The van der Waals surface area contributed by atoms with Gasteiger partial charge in [-0.1, -0.05) is 12.1 Å². The molecule has 0 fully saturated rings. The van der Waals surface area contributed by atoms with Gasteiger partial charge in [-0.05, 0) is 25.5 Å². The average molecular weight is 517 g/mol. The molecule has 12 nitrogen and oxygen atoms in total. The Hall–Kier alpha value is -3.38. The molecule has 4 rings (SSSR count). The fourth-order valence-electron chi connectivity index (χ4n) is 4.44. The van der Waals surface area contributed by atoms with Crippen molar-refractivity contribution in [3.8, 4) is 11.5 Å². The molecule has 2 aliphatic rings. The number of fused-ring (bicyclic) bond motifs is 2. The standard InChI is InChI=1S/C25H36N6O6/c1-17-13-30(18(2)15-32)24(33)5-4-8-31-20(12-26-28-31)16-37-23(17)14-29(3)25(34)27-19-6-7-21-22(11-19)36-10-9-35-21/h6-7,11-12,17-18,23,32H,4-5,8-10,13-16H2,1-3H3,(H,27,34)/t17-,18-,23+/m1/s1. The largest absolute Gasteiger partial charge is 0.486 e. The van der Waals surface area contributed by atoms with Crippen LogP contribution in [-0.2, 0) is 22.7 Å². The number of aryl methyl sites for hydroxylation is 1. The van der Waals surface area contributed by atoms with Crippen LogP contribution in [0.5, 0.6) is 11.5 Å². The number of urea groups is 1. The second kappa shape index (κ2) is 12.2. The van der Waals surface area contributed by atoms with Gasteiger partial charge in [-0.15, -0.1) is 5.10 Å². The average Bonchev–Trinajstić information content (AvgIpc) is 3.35. The maximum atomic E-state index is 13.0. The summed E-state index contributed by atoms with van der Waals surface area (Å²) in [5.41, 5.74) is 1.41. The van der Waals surface area contributed by atoms with Crippen molar-refractivity contribution in [1.29, 1.82) is 0 Å². The molecule has 3 amide bonds. The number of ether oxygens (including phenoxy) is 3. The number of likely N-dealkylation sites (N-methyl/N-ethyl adjacent to an activating group) is 1. The molecular formula is C25H36N6O6. The van der Waals surface area contributed by atoms with Crippen LogP contribution in [0.25, 0.3) is 0 Å². The normalized spacial score (nSPS) is 21.3. The molecule has 0 aliphatic carbocycles. The Bertz CT molecular complexity index is 1080. The Labute approximate surface area is 216 Å². The van der Waals surface area contributed by atoms with Gasteiger partial charge in [0.1, 0.15) is 13.2 Å². The number of hydrogen-bond acceptors (Lipinski definition) is 8. The third kappa shape index (κ3) is 6.69. The number of aromatic nitrogens is 3. The predicted octanol–water partition coefficient (Wildman–Crippen LogP) is 1.74. The highest BCUT2D eigenvalue weighted by atomic mass is 16.6. The van der Waals surface area contributed by atoms with Crippen LogP contribution in [0.3, 0.4) is 0 Å². The molecule has 202 valence electrons. The summed E-state index contributed by atoms with van der Waals surface area (Å²) in [4.78, 5) is 29.3. The Kier molecular flexibility index (Phi) is 8.82. The van der Waals surface area contributed by atoms with Gasteiger partial charge < -0.3 is 34.4 Å². The zero-order chi connectivity index (χ0) is 26.4. The lowest BCUT2D eigenvalue weighted by Crippen LogP contribution is -2.48. The van der Waals surface area contributed by atoms with Crippen LogP contribution >= 0.6 is 0 Å². The minimum absolute atomic E-state index is 0.0286. The molecule has 0 saturated heterocycles. The molecule has 3 heterocycles. The zero-order valence-corrected chi connectivity index (χ0v) is 21.6. The van der Waals surface area contributed by atoms with Gasteiger partial charge in [0.15, 0.2) is 11.5 Å². The van der Waals surface area contributed by atoms with Gasteiger partial charge in [0.05, 0.1) is 37.3 Å².